The van der Waals surface area contributed by atoms with Gasteiger partial charge in [0.15, 0.2) is 0 Å². The van der Waals surface area contributed by atoms with E-state index in [1.807, 2.05) is 12.1 Å². The Labute approximate surface area is 248 Å². The van der Waals surface area contributed by atoms with Crippen molar-refractivity contribution in [3.05, 3.63) is 58.5 Å². The van der Waals surface area contributed by atoms with E-state index in [4.69, 9.17) is 25.8 Å². The highest BCUT2D eigenvalue weighted by Crippen LogP contribution is 2.48. The Bertz CT molecular complexity index is 1570. The molecule has 0 aliphatic carbocycles. The Morgan fingerprint density at radius 2 is 1.88 bits per heavy atom. The SMILES string of the molecule is COc1cc(N2CC3(CCN(C)CC3)C2)c(F)cc1Nc1ncc(Cl)c(Oc2cccc3c2C(=O)N(C)C32COC2)n1. The van der Waals surface area contributed by atoms with Gasteiger partial charge in [0.2, 0.25) is 11.8 Å². The maximum Gasteiger partial charge on any atom is 0.258 e. The molecule has 3 saturated heterocycles. The average molecular weight is 595 g/mol. The molecule has 7 rings (SSSR count). The van der Waals surface area contributed by atoms with Crippen molar-refractivity contribution in [3.63, 3.8) is 0 Å². The summed E-state index contributed by atoms with van der Waals surface area (Å²) in [6.07, 6.45) is 3.65. The number of rotatable bonds is 6. The Morgan fingerprint density at radius 1 is 1.12 bits per heavy atom. The summed E-state index contributed by atoms with van der Waals surface area (Å²) in [7, 11) is 5.45. The number of benzene rings is 2. The van der Waals surface area contributed by atoms with Crippen LogP contribution >= 0.6 is 11.6 Å². The third-order valence-electron chi connectivity index (χ3n) is 9.24. The first-order valence-corrected chi connectivity index (χ1v) is 14.4. The summed E-state index contributed by atoms with van der Waals surface area (Å²) in [5, 5.41) is 3.20. The van der Waals surface area contributed by atoms with Gasteiger partial charge in [0, 0.05) is 37.7 Å². The quantitative estimate of drug-likeness (QED) is 0.437. The standard InChI is InChI=1S/C30H32ClFN6O4/c1-36-9-7-29(8-10-36)14-38(15-29)22-12-24(40-3)21(11-20(22)32)34-28-33-13-19(31)26(35-28)42-23-6-4-5-18-25(23)27(39)37(2)30(18)16-41-17-30/h4-6,11-13H,7-10,14-17H2,1-3H3,(H,33,34,35). The van der Waals surface area contributed by atoms with Gasteiger partial charge in [0.05, 0.1) is 43.5 Å². The van der Waals surface area contributed by atoms with E-state index >= 15 is 4.39 Å². The number of methoxy groups -OCH3 is 1. The molecule has 4 aliphatic heterocycles. The minimum absolute atomic E-state index is 0.0592. The van der Waals surface area contributed by atoms with Crippen molar-refractivity contribution in [1.82, 2.24) is 19.8 Å². The van der Waals surface area contributed by atoms with Crippen LogP contribution in [0.5, 0.6) is 17.4 Å². The van der Waals surface area contributed by atoms with Gasteiger partial charge in [-0.1, -0.05) is 23.7 Å². The third kappa shape index (κ3) is 4.25. The van der Waals surface area contributed by atoms with Crippen molar-refractivity contribution in [3.8, 4) is 17.4 Å². The van der Waals surface area contributed by atoms with Gasteiger partial charge in [-0.15, -0.1) is 0 Å². The number of likely N-dealkylation sites (tertiary alicyclic amines) is 1. The number of nitrogens with zero attached hydrogens (tertiary/aromatic N) is 5. The van der Waals surface area contributed by atoms with Crippen molar-refractivity contribution in [2.24, 2.45) is 5.41 Å². The molecular weight excluding hydrogens is 563 g/mol. The fraction of sp³-hybridized carbons (Fsp3) is 0.433. The third-order valence-corrected chi connectivity index (χ3v) is 9.50. The van der Waals surface area contributed by atoms with Crippen molar-refractivity contribution in [2.45, 2.75) is 18.4 Å². The van der Waals surface area contributed by atoms with Crippen molar-refractivity contribution >= 4 is 34.8 Å². The maximum absolute atomic E-state index is 15.4. The van der Waals surface area contributed by atoms with E-state index in [-0.39, 0.29) is 34.0 Å². The molecule has 0 unspecified atom stereocenters. The topological polar surface area (TPSA) is 92.3 Å². The smallest absolute Gasteiger partial charge is 0.258 e. The van der Waals surface area contributed by atoms with Gasteiger partial charge in [0.1, 0.15) is 27.9 Å². The van der Waals surface area contributed by atoms with Crippen molar-refractivity contribution in [2.75, 3.05) is 70.8 Å². The zero-order valence-corrected chi connectivity index (χ0v) is 24.5. The number of anilines is 3. The maximum atomic E-state index is 15.4. The molecule has 42 heavy (non-hydrogen) atoms. The monoisotopic (exact) mass is 594 g/mol. The number of hydrogen-bond acceptors (Lipinski definition) is 9. The minimum Gasteiger partial charge on any atom is -0.494 e. The van der Waals surface area contributed by atoms with Crippen LogP contribution in [0.25, 0.3) is 0 Å². The van der Waals surface area contributed by atoms with E-state index in [0.717, 1.165) is 44.6 Å². The summed E-state index contributed by atoms with van der Waals surface area (Å²) in [5.74, 6) is 0.473. The number of halogens is 2. The molecule has 4 aliphatic rings. The molecule has 0 radical (unpaired) electrons. The number of likely N-dealkylation sites (N-methyl/N-ethyl adjacent to an activating group) is 1. The van der Waals surface area contributed by atoms with Gasteiger partial charge in [-0.05, 0) is 44.6 Å². The van der Waals surface area contributed by atoms with Crippen LogP contribution in [0, 0.1) is 11.2 Å². The van der Waals surface area contributed by atoms with Crippen molar-refractivity contribution in [1.29, 1.82) is 0 Å². The first-order valence-electron chi connectivity index (χ1n) is 14.0. The summed E-state index contributed by atoms with van der Waals surface area (Å²) in [6, 6.07) is 8.56. The Kier molecular flexibility index (Phi) is 6.45. The summed E-state index contributed by atoms with van der Waals surface area (Å²) in [5.41, 5.74) is 1.98. The zero-order chi connectivity index (χ0) is 29.2. The fourth-order valence-electron chi connectivity index (χ4n) is 6.51. The summed E-state index contributed by atoms with van der Waals surface area (Å²) < 4.78 is 32.6. The number of carbonyl (C=O) groups excluding carboxylic acids is 1. The summed E-state index contributed by atoms with van der Waals surface area (Å²) >= 11 is 6.40. The molecule has 12 heteroatoms. The molecule has 2 spiro atoms. The van der Waals surface area contributed by atoms with E-state index < -0.39 is 5.54 Å². The number of hydrogen-bond donors (Lipinski definition) is 1. The lowest BCUT2D eigenvalue weighted by molar-refractivity contribution is -0.117. The molecule has 5 heterocycles. The predicted molar refractivity (Wildman–Crippen MR) is 156 cm³/mol. The molecule has 10 nitrogen and oxygen atoms in total. The molecular formula is C30H32ClFN6O4. The van der Waals surface area contributed by atoms with Crippen LogP contribution in [0.1, 0.15) is 28.8 Å². The van der Waals surface area contributed by atoms with Gasteiger partial charge in [-0.25, -0.2) is 9.37 Å². The number of fused-ring (bicyclic) bond motifs is 2. The van der Waals surface area contributed by atoms with Gasteiger partial charge >= 0.3 is 0 Å². The molecule has 1 aromatic heterocycles. The van der Waals surface area contributed by atoms with Gasteiger partial charge in [-0.2, -0.15) is 4.98 Å². The molecule has 3 fully saturated rings. The number of ether oxygens (including phenoxy) is 3. The van der Waals surface area contributed by atoms with E-state index in [1.165, 1.54) is 19.4 Å². The first kappa shape index (κ1) is 27.2. The molecule has 0 atom stereocenters. The molecule has 3 aromatic rings. The summed E-state index contributed by atoms with van der Waals surface area (Å²) in [6.45, 7) is 4.69. The number of piperidine rings is 1. The average Bonchev–Trinajstić information content (AvgIpc) is 3.17. The Morgan fingerprint density at radius 3 is 2.57 bits per heavy atom. The van der Waals surface area contributed by atoms with E-state index in [2.05, 4.69) is 32.1 Å². The van der Waals surface area contributed by atoms with Gasteiger partial charge in [0.25, 0.3) is 5.91 Å². The molecule has 0 bridgehead atoms. The Hall–Kier alpha value is -3.67. The van der Waals surface area contributed by atoms with Gasteiger partial charge in [-0.3, -0.25) is 4.79 Å². The van der Waals surface area contributed by atoms with Gasteiger partial charge < -0.3 is 34.2 Å². The highest BCUT2D eigenvalue weighted by atomic mass is 35.5. The van der Waals surface area contributed by atoms with Crippen LogP contribution < -0.4 is 19.7 Å². The summed E-state index contributed by atoms with van der Waals surface area (Å²) in [4.78, 5) is 28.0. The molecule has 1 N–H and O–H groups in total. The zero-order valence-electron chi connectivity index (χ0n) is 23.7. The largest absolute Gasteiger partial charge is 0.494 e. The van der Waals surface area contributed by atoms with Crippen LogP contribution in [0.3, 0.4) is 0 Å². The lowest BCUT2D eigenvalue weighted by atomic mass is 9.72. The van der Waals surface area contributed by atoms with Crippen LogP contribution in [0.4, 0.5) is 21.7 Å². The second-order valence-corrected chi connectivity index (χ2v) is 12.2. The lowest BCUT2D eigenvalue weighted by Gasteiger charge is -2.54. The number of aromatic nitrogens is 2. The first-order chi connectivity index (χ1) is 20.2. The number of nitrogens with one attached hydrogen (secondary N) is 1. The fourth-order valence-corrected chi connectivity index (χ4v) is 6.64. The lowest BCUT2D eigenvalue weighted by Crippen LogP contribution is -2.60. The van der Waals surface area contributed by atoms with E-state index in [1.54, 1.807) is 24.1 Å². The minimum atomic E-state index is -0.482. The highest BCUT2D eigenvalue weighted by Gasteiger charge is 2.54. The second-order valence-electron chi connectivity index (χ2n) is 11.8. The highest BCUT2D eigenvalue weighted by molar-refractivity contribution is 6.31. The van der Waals surface area contributed by atoms with Crippen molar-refractivity contribution < 1.29 is 23.4 Å². The van der Waals surface area contributed by atoms with Crippen LogP contribution in [0.2, 0.25) is 5.02 Å². The van der Waals surface area contributed by atoms with Crippen LogP contribution in [0.15, 0.2) is 36.5 Å². The molecule has 1 amide bonds. The second kappa shape index (κ2) is 9.96. The van der Waals surface area contributed by atoms with Crippen LogP contribution in [-0.4, -0.2) is 86.3 Å². The van der Waals surface area contributed by atoms with E-state index in [0.29, 0.717) is 41.7 Å². The number of carbonyl (C=O) groups is 1. The molecule has 2 aromatic carbocycles. The predicted octanol–water partition coefficient (Wildman–Crippen LogP) is 4.66. The molecule has 220 valence electrons. The number of amides is 1. The molecule has 0 saturated carbocycles. The van der Waals surface area contributed by atoms with E-state index in [9.17, 15) is 4.79 Å². The normalized spacial score (nSPS) is 20.4. The Balaban J connectivity index is 1.12. The van der Waals surface area contributed by atoms with Crippen LogP contribution in [-0.2, 0) is 10.3 Å².